The Morgan fingerprint density at radius 1 is 1.47 bits per heavy atom. The highest BCUT2D eigenvalue weighted by atomic mass is 79.9. The molecule has 2 heterocycles. The maximum Gasteiger partial charge on any atom is 0.341 e. The number of thiophene rings is 1. The van der Waals surface area contributed by atoms with E-state index in [1.807, 2.05) is 26.8 Å². The van der Waals surface area contributed by atoms with E-state index in [-0.39, 0.29) is 5.97 Å². The number of fused-ring (bicyclic) bond motifs is 1. The highest BCUT2D eigenvalue weighted by Gasteiger charge is 2.22. The summed E-state index contributed by atoms with van der Waals surface area (Å²) in [6.07, 6.45) is 0. The van der Waals surface area contributed by atoms with Crippen LogP contribution in [0, 0.1) is 0 Å². The van der Waals surface area contributed by atoms with Crippen LogP contribution in [0.2, 0.25) is 0 Å². The van der Waals surface area contributed by atoms with E-state index < -0.39 is 5.60 Å². The molecule has 0 N–H and O–H groups in total. The summed E-state index contributed by atoms with van der Waals surface area (Å²) in [4.78, 5) is 16.7. The number of nitrogens with zero attached hydrogens (tertiary/aromatic N) is 1. The molecule has 0 atom stereocenters. The summed E-state index contributed by atoms with van der Waals surface area (Å²) in [5.74, 6) is -0.329. The molecule has 2 rings (SSSR count). The number of aromatic nitrogens is 1. The lowest BCUT2D eigenvalue weighted by Crippen LogP contribution is -2.23. The highest BCUT2D eigenvalue weighted by Crippen LogP contribution is 2.33. The first-order chi connectivity index (χ1) is 8.81. The van der Waals surface area contributed by atoms with Crippen molar-refractivity contribution in [2.45, 2.75) is 31.7 Å². The fraction of sp³-hybridized carbons (Fsp3) is 0.385. The molecule has 2 aromatic heterocycles. The minimum Gasteiger partial charge on any atom is -0.456 e. The number of carbonyl (C=O) groups is 1. The number of hydrogen-bond acceptors (Lipinski definition) is 4. The molecule has 0 bridgehead atoms. The van der Waals surface area contributed by atoms with Gasteiger partial charge >= 0.3 is 5.97 Å². The molecule has 0 aromatic carbocycles. The van der Waals surface area contributed by atoms with Crippen LogP contribution in [0.5, 0.6) is 0 Å². The summed E-state index contributed by atoms with van der Waals surface area (Å²) < 4.78 is 7.32. The maximum absolute atomic E-state index is 12.2. The lowest BCUT2D eigenvalue weighted by molar-refractivity contribution is 0.00721. The zero-order valence-electron chi connectivity index (χ0n) is 10.8. The minimum atomic E-state index is -0.504. The van der Waals surface area contributed by atoms with E-state index in [2.05, 4.69) is 36.8 Å². The molecular weight excluding hydrogens is 394 g/mol. The average molecular weight is 407 g/mol. The predicted molar refractivity (Wildman–Crippen MR) is 85.1 cm³/mol. The molecule has 0 saturated heterocycles. The average Bonchev–Trinajstić information content (AvgIpc) is 2.70. The summed E-state index contributed by atoms with van der Waals surface area (Å²) in [5, 5.41) is 2.44. The quantitative estimate of drug-likeness (QED) is 0.525. The van der Waals surface area contributed by atoms with Gasteiger partial charge in [-0.15, -0.1) is 11.3 Å². The summed E-state index contributed by atoms with van der Waals surface area (Å²) in [6.45, 7) is 5.56. The Bertz CT molecular complexity index is 631. The topological polar surface area (TPSA) is 39.2 Å². The maximum atomic E-state index is 12.2. The van der Waals surface area contributed by atoms with Gasteiger partial charge in [0, 0.05) is 15.2 Å². The Morgan fingerprint density at radius 2 is 2.16 bits per heavy atom. The van der Waals surface area contributed by atoms with Crippen LogP contribution in [0.1, 0.15) is 36.8 Å². The van der Waals surface area contributed by atoms with Crippen molar-refractivity contribution >= 4 is 59.4 Å². The third kappa shape index (κ3) is 3.35. The Labute approximate surface area is 132 Å². The Morgan fingerprint density at radius 3 is 2.74 bits per heavy atom. The zero-order valence-corrected chi connectivity index (χ0v) is 14.8. The van der Waals surface area contributed by atoms with Crippen LogP contribution in [0.15, 0.2) is 15.9 Å². The molecule has 0 amide bonds. The van der Waals surface area contributed by atoms with E-state index in [4.69, 9.17) is 4.74 Å². The molecule has 0 saturated carbocycles. The van der Waals surface area contributed by atoms with Gasteiger partial charge in [-0.3, -0.25) is 4.98 Å². The van der Waals surface area contributed by atoms with Crippen LogP contribution in [0.3, 0.4) is 0 Å². The van der Waals surface area contributed by atoms with Gasteiger partial charge in [0.25, 0.3) is 0 Å². The Hall–Kier alpha value is -0.460. The van der Waals surface area contributed by atoms with Crippen LogP contribution in [-0.2, 0) is 10.1 Å². The number of halogens is 2. The van der Waals surface area contributed by atoms with Gasteiger partial charge in [0.1, 0.15) is 5.60 Å². The number of rotatable bonds is 2. The molecule has 6 heteroatoms. The van der Waals surface area contributed by atoms with Crippen LogP contribution in [-0.4, -0.2) is 16.6 Å². The molecular formula is C13H13Br2NO2S. The first kappa shape index (κ1) is 14.9. The number of ether oxygens (including phenoxy) is 1. The van der Waals surface area contributed by atoms with Gasteiger partial charge in [-0.25, -0.2) is 4.79 Å². The summed E-state index contributed by atoms with van der Waals surface area (Å²) in [7, 11) is 0. The second kappa shape index (κ2) is 5.50. The molecule has 0 aliphatic rings. The van der Waals surface area contributed by atoms with Crippen LogP contribution >= 0.6 is 43.2 Å². The van der Waals surface area contributed by atoms with Crippen molar-refractivity contribution in [2.24, 2.45) is 0 Å². The molecule has 2 aromatic rings. The second-order valence-corrected chi connectivity index (χ2v) is 7.35. The van der Waals surface area contributed by atoms with Gasteiger partial charge in [-0.05, 0) is 42.8 Å². The minimum absolute atomic E-state index is 0.329. The van der Waals surface area contributed by atoms with Crippen LogP contribution in [0.4, 0.5) is 0 Å². The van der Waals surface area contributed by atoms with Gasteiger partial charge in [0.05, 0.1) is 21.5 Å². The van der Waals surface area contributed by atoms with E-state index in [1.54, 1.807) is 5.38 Å². The van der Waals surface area contributed by atoms with Crippen molar-refractivity contribution in [3.8, 4) is 0 Å². The normalized spacial score (nSPS) is 11.8. The van der Waals surface area contributed by atoms with E-state index in [0.29, 0.717) is 16.4 Å². The second-order valence-electron chi connectivity index (χ2n) is 5.06. The van der Waals surface area contributed by atoms with E-state index >= 15 is 0 Å². The molecule has 19 heavy (non-hydrogen) atoms. The third-order valence-electron chi connectivity index (χ3n) is 2.29. The van der Waals surface area contributed by atoms with Crippen molar-refractivity contribution in [1.29, 1.82) is 0 Å². The third-order valence-corrected chi connectivity index (χ3v) is 4.75. The van der Waals surface area contributed by atoms with Crippen LogP contribution in [0.25, 0.3) is 10.2 Å². The van der Waals surface area contributed by atoms with Gasteiger partial charge in [-0.1, -0.05) is 15.9 Å². The van der Waals surface area contributed by atoms with Gasteiger partial charge in [0.2, 0.25) is 0 Å². The molecule has 0 radical (unpaired) electrons. The molecule has 0 fully saturated rings. The number of alkyl halides is 1. The lowest BCUT2D eigenvalue weighted by atomic mass is 10.2. The lowest BCUT2D eigenvalue weighted by Gasteiger charge is -2.19. The van der Waals surface area contributed by atoms with E-state index in [1.165, 1.54) is 11.3 Å². The first-order valence-corrected chi connectivity index (χ1v) is 8.47. The SMILES string of the molecule is CC(C)(C)OC(=O)c1csc2c(Br)cc(CBr)nc12. The molecule has 0 aliphatic heterocycles. The number of pyridine rings is 1. The molecule has 0 aliphatic carbocycles. The molecule has 0 spiro atoms. The smallest absolute Gasteiger partial charge is 0.341 e. The fourth-order valence-corrected chi connectivity index (χ4v) is 3.47. The number of carbonyl (C=O) groups excluding carboxylic acids is 1. The largest absolute Gasteiger partial charge is 0.456 e. The fourth-order valence-electron chi connectivity index (χ4n) is 1.57. The van der Waals surface area contributed by atoms with Crippen molar-refractivity contribution in [1.82, 2.24) is 4.98 Å². The van der Waals surface area contributed by atoms with E-state index in [0.717, 1.165) is 14.9 Å². The predicted octanol–water partition coefficient (Wildman–Crippen LogP) is 4.91. The Kier molecular flexibility index (Phi) is 4.32. The first-order valence-electron chi connectivity index (χ1n) is 5.68. The van der Waals surface area contributed by atoms with Crippen molar-refractivity contribution < 1.29 is 9.53 Å². The highest BCUT2D eigenvalue weighted by molar-refractivity contribution is 9.10. The summed E-state index contributed by atoms with van der Waals surface area (Å²) in [5.41, 5.74) is 1.60. The van der Waals surface area contributed by atoms with Gasteiger partial charge in [0.15, 0.2) is 0 Å². The summed E-state index contributed by atoms with van der Waals surface area (Å²) >= 11 is 8.38. The van der Waals surface area contributed by atoms with Crippen molar-refractivity contribution in [3.63, 3.8) is 0 Å². The van der Waals surface area contributed by atoms with Gasteiger partial charge in [-0.2, -0.15) is 0 Å². The van der Waals surface area contributed by atoms with Crippen LogP contribution < -0.4 is 0 Å². The van der Waals surface area contributed by atoms with Crippen molar-refractivity contribution in [3.05, 3.63) is 27.2 Å². The molecule has 3 nitrogen and oxygen atoms in total. The number of esters is 1. The van der Waals surface area contributed by atoms with Crippen molar-refractivity contribution in [2.75, 3.05) is 0 Å². The zero-order chi connectivity index (χ0) is 14.2. The molecule has 0 unspecified atom stereocenters. The Balaban J connectivity index is 2.50. The summed E-state index contributed by atoms with van der Waals surface area (Å²) in [6, 6.07) is 1.95. The molecule has 102 valence electrons. The standard InChI is InChI=1S/C13H13Br2NO2S/c1-13(2,3)18-12(17)8-6-19-11-9(15)4-7(5-14)16-10(8)11/h4,6H,5H2,1-3H3. The van der Waals surface area contributed by atoms with E-state index in [9.17, 15) is 4.79 Å². The monoisotopic (exact) mass is 405 g/mol. The number of hydrogen-bond donors (Lipinski definition) is 0. The van der Waals surface area contributed by atoms with Gasteiger partial charge < -0.3 is 4.74 Å².